The number of hydrogen-bond donors (Lipinski definition) is 1. The Morgan fingerprint density at radius 3 is 2.79 bits per heavy atom. The van der Waals surface area contributed by atoms with Gasteiger partial charge in [-0.25, -0.2) is 9.07 Å². The molecule has 0 amide bonds. The van der Waals surface area contributed by atoms with E-state index >= 15 is 4.39 Å². The van der Waals surface area contributed by atoms with Gasteiger partial charge >= 0.3 is 0 Å². The summed E-state index contributed by atoms with van der Waals surface area (Å²) < 4.78 is 30.0. The zero-order valence-electron chi connectivity index (χ0n) is 17.8. The highest BCUT2D eigenvalue weighted by Crippen LogP contribution is 2.52. The molecule has 0 aliphatic carbocycles. The SMILES string of the molecule is COc1ccc(Br)cc1[C@@H]1Oc2ccc(Cl)cc2C2=C1[C@H](c1ccccc1F)n1ncnc1N2. The average Bonchev–Trinajstić information content (AvgIpc) is 3.31. The summed E-state index contributed by atoms with van der Waals surface area (Å²) in [5.41, 5.74) is 3.54. The van der Waals surface area contributed by atoms with Gasteiger partial charge in [0.15, 0.2) is 6.10 Å². The first-order valence-corrected chi connectivity index (χ1v) is 11.7. The lowest BCUT2D eigenvalue weighted by molar-refractivity contribution is 0.217. The first-order valence-electron chi connectivity index (χ1n) is 10.5. The Labute approximate surface area is 208 Å². The molecule has 2 atom stereocenters. The number of hydrogen-bond acceptors (Lipinski definition) is 5. The van der Waals surface area contributed by atoms with Gasteiger partial charge in [0, 0.05) is 31.8 Å². The Kier molecular flexibility index (Phi) is 5.08. The van der Waals surface area contributed by atoms with Crippen molar-refractivity contribution in [1.29, 1.82) is 0 Å². The lowest BCUT2D eigenvalue weighted by atomic mass is 9.84. The van der Waals surface area contributed by atoms with Crippen LogP contribution >= 0.6 is 27.5 Å². The monoisotopic (exact) mass is 538 g/mol. The molecule has 6 nitrogen and oxygen atoms in total. The normalized spacial score (nSPS) is 18.4. The molecule has 2 aliphatic rings. The number of ether oxygens (including phenoxy) is 2. The Morgan fingerprint density at radius 1 is 1.12 bits per heavy atom. The molecule has 0 spiro atoms. The number of halogens is 3. The quantitative estimate of drug-likeness (QED) is 0.326. The van der Waals surface area contributed by atoms with Gasteiger partial charge in [-0.1, -0.05) is 45.7 Å². The summed E-state index contributed by atoms with van der Waals surface area (Å²) in [6.45, 7) is 0. The van der Waals surface area contributed by atoms with Crippen LogP contribution in [0.4, 0.5) is 10.3 Å². The standard InChI is InChI=1S/C25H17BrClFN4O2/c1-33-19-8-6-13(26)10-17(19)24-21-22(16-11-14(27)7-9-20(16)34-24)31-25-29-12-30-32(25)23(21)15-4-2-3-5-18(15)28/h2-12,23-24H,1H3,(H,29,30,31)/t23-,24-/m0/s1. The van der Waals surface area contributed by atoms with Crippen molar-refractivity contribution in [2.75, 3.05) is 12.4 Å². The van der Waals surface area contributed by atoms with Gasteiger partial charge in [0.25, 0.3) is 0 Å². The molecule has 3 aromatic carbocycles. The maximum atomic E-state index is 15.2. The van der Waals surface area contributed by atoms with Gasteiger partial charge in [0.1, 0.15) is 29.7 Å². The Morgan fingerprint density at radius 2 is 1.97 bits per heavy atom. The molecule has 6 rings (SSSR count). The second kappa shape index (κ2) is 8.14. The molecule has 3 heterocycles. The smallest absolute Gasteiger partial charge is 0.226 e. The molecule has 0 radical (unpaired) electrons. The number of nitrogens with zero attached hydrogens (tertiary/aromatic N) is 3. The van der Waals surface area contributed by atoms with Gasteiger partial charge in [0.2, 0.25) is 5.95 Å². The summed E-state index contributed by atoms with van der Waals surface area (Å²) in [6, 6.07) is 17.2. The number of methoxy groups -OCH3 is 1. The fraction of sp³-hybridized carbons (Fsp3) is 0.120. The topological polar surface area (TPSA) is 61.2 Å². The Balaban J connectivity index is 1.68. The van der Waals surface area contributed by atoms with Crippen LogP contribution in [-0.4, -0.2) is 21.9 Å². The van der Waals surface area contributed by atoms with E-state index in [2.05, 4.69) is 31.3 Å². The van der Waals surface area contributed by atoms with Gasteiger partial charge in [-0.2, -0.15) is 10.1 Å². The van der Waals surface area contributed by atoms with Crippen LogP contribution in [0.15, 0.2) is 77.0 Å². The minimum Gasteiger partial charge on any atom is -0.496 e. The zero-order chi connectivity index (χ0) is 23.4. The molecule has 170 valence electrons. The van der Waals surface area contributed by atoms with Crippen molar-refractivity contribution in [3.8, 4) is 11.5 Å². The molecular weight excluding hydrogens is 523 g/mol. The van der Waals surface area contributed by atoms with Crippen molar-refractivity contribution in [2.45, 2.75) is 12.1 Å². The highest BCUT2D eigenvalue weighted by Gasteiger charge is 2.42. The number of benzene rings is 3. The fourth-order valence-electron chi connectivity index (χ4n) is 4.61. The largest absolute Gasteiger partial charge is 0.496 e. The van der Waals surface area contributed by atoms with Crippen molar-refractivity contribution in [1.82, 2.24) is 14.8 Å². The van der Waals surface area contributed by atoms with Crippen LogP contribution in [0.25, 0.3) is 5.70 Å². The Bertz CT molecular complexity index is 1470. The number of fused-ring (bicyclic) bond motifs is 3. The number of rotatable bonds is 3. The van der Waals surface area contributed by atoms with E-state index in [0.29, 0.717) is 28.0 Å². The predicted molar refractivity (Wildman–Crippen MR) is 131 cm³/mol. The van der Waals surface area contributed by atoms with Crippen molar-refractivity contribution < 1.29 is 13.9 Å². The van der Waals surface area contributed by atoms with Crippen LogP contribution in [0, 0.1) is 5.82 Å². The third-order valence-corrected chi connectivity index (χ3v) is 6.78. The molecule has 9 heteroatoms. The average molecular weight is 540 g/mol. The number of anilines is 1. The molecule has 0 fully saturated rings. The van der Waals surface area contributed by atoms with Crippen molar-refractivity contribution >= 4 is 39.2 Å². The van der Waals surface area contributed by atoms with E-state index in [9.17, 15) is 0 Å². The van der Waals surface area contributed by atoms with Crippen LogP contribution in [0.1, 0.15) is 28.8 Å². The summed E-state index contributed by atoms with van der Waals surface area (Å²) >= 11 is 9.93. The zero-order valence-corrected chi connectivity index (χ0v) is 20.1. The number of aromatic nitrogens is 3. The predicted octanol–water partition coefficient (Wildman–Crippen LogP) is 6.40. The molecule has 4 aromatic rings. The maximum Gasteiger partial charge on any atom is 0.226 e. The van der Waals surface area contributed by atoms with E-state index in [0.717, 1.165) is 26.9 Å². The lowest BCUT2D eigenvalue weighted by Gasteiger charge is -2.39. The van der Waals surface area contributed by atoms with E-state index in [1.807, 2.05) is 30.3 Å². The van der Waals surface area contributed by atoms with Crippen LogP contribution in [0.5, 0.6) is 11.5 Å². The van der Waals surface area contributed by atoms with Crippen molar-refractivity contribution in [3.63, 3.8) is 0 Å². The highest BCUT2D eigenvalue weighted by molar-refractivity contribution is 9.10. The van der Waals surface area contributed by atoms with Crippen LogP contribution in [0.2, 0.25) is 5.02 Å². The maximum absolute atomic E-state index is 15.2. The van der Waals surface area contributed by atoms with E-state index in [1.54, 1.807) is 36.1 Å². The van der Waals surface area contributed by atoms with Crippen molar-refractivity contribution in [3.05, 3.63) is 105 Å². The third-order valence-electron chi connectivity index (χ3n) is 6.05. The lowest BCUT2D eigenvalue weighted by Crippen LogP contribution is -2.33. The summed E-state index contributed by atoms with van der Waals surface area (Å²) in [5.74, 6) is 1.44. The highest BCUT2D eigenvalue weighted by atomic mass is 79.9. The van der Waals surface area contributed by atoms with Crippen LogP contribution in [-0.2, 0) is 0 Å². The third kappa shape index (κ3) is 3.28. The second-order valence-corrected chi connectivity index (χ2v) is 9.28. The molecule has 0 bridgehead atoms. The van der Waals surface area contributed by atoms with E-state index in [-0.39, 0.29) is 5.82 Å². The fourth-order valence-corrected chi connectivity index (χ4v) is 5.16. The molecule has 0 unspecified atom stereocenters. The number of nitrogens with one attached hydrogen (secondary N) is 1. The summed E-state index contributed by atoms with van der Waals surface area (Å²) in [4.78, 5) is 4.37. The first-order chi connectivity index (χ1) is 16.5. The summed E-state index contributed by atoms with van der Waals surface area (Å²) in [7, 11) is 1.61. The molecule has 2 aliphatic heterocycles. The van der Waals surface area contributed by atoms with E-state index in [1.165, 1.54) is 12.4 Å². The first kappa shape index (κ1) is 21.2. The second-order valence-electron chi connectivity index (χ2n) is 7.93. The van der Waals surface area contributed by atoms with Crippen LogP contribution in [0.3, 0.4) is 0 Å². The summed E-state index contributed by atoms with van der Waals surface area (Å²) in [5, 5.41) is 8.38. The molecule has 0 saturated carbocycles. The van der Waals surface area contributed by atoms with Gasteiger partial charge in [0.05, 0.1) is 12.8 Å². The van der Waals surface area contributed by atoms with E-state index < -0.39 is 12.1 Å². The van der Waals surface area contributed by atoms with Crippen molar-refractivity contribution in [2.24, 2.45) is 0 Å². The molecule has 1 N–H and O–H groups in total. The molecule has 0 saturated heterocycles. The molecule has 34 heavy (non-hydrogen) atoms. The van der Waals surface area contributed by atoms with Gasteiger partial charge in [-0.3, -0.25) is 0 Å². The van der Waals surface area contributed by atoms with E-state index in [4.69, 9.17) is 21.1 Å². The summed E-state index contributed by atoms with van der Waals surface area (Å²) in [6.07, 6.45) is 0.842. The van der Waals surface area contributed by atoms with Gasteiger partial charge < -0.3 is 14.8 Å². The van der Waals surface area contributed by atoms with Gasteiger partial charge in [-0.15, -0.1) is 0 Å². The van der Waals surface area contributed by atoms with Gasteiger partial charge in [-0.05, 0) is 42.5 Å². The molecular formula is C25H17BrClFN4O2. The Hall–Kier alpha value is -3.36. The minimum absolute atomic E-state index is 0.348. The molecule has 1 aromatic heterocycles. The minimum atomic E-state index is -0.615. The van der Waals surface area contributed by atoms with Crippen LogP contribution < -0.4 is 14.8 Å².